The highest BCUT2D eigenvalue weighted by Gasteiger charge is 2.14. The van der Waals surface area contributed by atoms with Crippen LogP contribution < -0.4 is 14.8 Å². The van der Waals surface area contributed by atoms with E-state index in [1.54, 1.807) is 12.1 Å². The maximum atomic E-state index is 12.1. The fraction of sp³-hybridized carbons (Fsp3) is 0.222. The molecule has 6 heteroatoms. The molecular weight excluding hydrogens is 421 g/mol. The van der Waals surface area contributed by atoms with Crippen LogP contribution in [0.3, 0.4) is 0 Å². The van der Waals surface area contributed by atoms with Gasteiger partial charge in [0.15, 0.2) is 18.1 Å². The van der Waals surface area contributed by atoms with E-state index in [2.05, 4.69) is 27.9 Å². The fourth-order valence-corrected chi connectivity index (χ4v) is 2.88. The topological polar surface area (TPSA) is 64.6 Å². The number of hydrogen-bond donors (Lipinski definition) is 1. The van der Waals surface area contributed by atoms with Gasteiger partial charge in [0.2, 0.25) is 0 Å². The van der Waals surface area contributed by atoms with E-state index in [1.165, 1.54) is 0 Å². The number of ether oxygens (including phenoxy) is 2. The largest absolute Gasteiger partial charge is 0.490 e. The lowest BCUT2D eigenvalue weighted by Gasteiger charge is -2.14. The number of benzene rings is 2. The highest BCUT2D eigenvalue weighted by molar-refractivity contribution is 14.1. The van der Waals surface area contributed by atoms with Crippen LogP contribution in [0.4, 0.5) is 5.69 Å². The molecule has 0 fully saturated rings. The lowest BCUT2D eigenvalue weighted by molar-refractivity contribution is -0.118. The van der Waals surface area contributed by atoms with E-state index < -0.39 is 0 Å². The van der Waals surface area contributed by atoms with E-state index in [9.17, 15) is 9.59 Å². The van der Waals surface area contributed by atoms with Crippen molar-refractivity contribution >= 4 is 40.5 Å². The Bertz CT molecular complexity index is 746. The van der Waals surface area contributed by atoms with Crippen molar-refractivity contribution in [2.75, 3.05) is 18.5 Å². The normalized spacial score (nSPS) is 10.1. The Hall–Kier alpha value is -2.09. The summed E-state index contributed by atoms with van der Waals surface area (Å²) in [5.41, 5.74) is 2.23. The van der Waals surface area contributed by atoms with Crippen LogP contribution in [-0.4, -0.2) is 25.4 Å². The van der Waals surface area contributed by atoms with Crippen LogP contribution in [0.1, 0.15) is 22.8 Å². The number of anilines is 1. The molecule has 0 aromatic heterocycles. The van der Waals surface area contributed by atoms with Gasteiger partial charge in [-0.25, -0.2) is 0 Å². The molecular formula is C18H18INO4. The second-order valence-corrected chi connectivity index (χ2v) is 6.19. The number of aldehydes is 1. The third-order valence-corrected chi connectivity index (χ3v) is 4.04. The number of carbonyl (C=O) groups is 2. The molecule has 0 aliphatic carbocycles. The molecule has 0 spiro atoms. The van der Waals surface area contributed by atoms with Crippen LogP contribution in [0.25, 0.3) is 0 Å². The number of nitrogens with one attached hydrogen (secondary N) is 1. The molecule has 1 amide bonds. The molecule has 0 heterocycles. The summed E-state index contributed by atoms with van der Waals surface area (Å²) in [6, 6.07) is 10.8. The van der Waals surface area contributed by atoms with Gasteiger partial charge in [-0.05, 0) is 60.2 Å². The van der Waals surface area contributed by atoms with Gasteiger partial charge in [0.05, 0.1) is 10.2 Å². The lowest BCUT2D eigenvalue weighted by atomic mass is 10.2. The first-order valence-corrected chi connectivity index (χ1v) is 8.52. The number of carbonyl (C=O) groups excluding carboxylic acids is 2. The number of aryl methyl sites for hydroxylation is 1. The van der Waals surface area contributed by atoms with Gasteiger partial charge in [0, 0.05) is 11.3 Å². The standard InChI is InChI=1S/C18H18INO4/c1-3-23-16-9-13(10-21)8-14(19)18(16)24-11-17(22)20-15-7-5-4-6-12(15)2/h4-10H,3,11H2,1-2H3,(H,20,22). The number of para-hydroxylation sites is 1. The van der Waals surface area contributed by atoms with Crippen LogP contribution in [0.5, 0.6) is 11.5 Å². The number of halogens is 1. The molecule has 0 atom stereocenters. The second kappa shape index (κ2) is 8.68. The predicted octanol–water partition coefficient (Wildman–Crippen LogP) is 3.83. The van der Waals surface area contributed by atoms with E-state index in [0.717, 1.165) is 17.5 Å². The SMILES string of the molecule is CCOc1cc(C=O)cc(I)c1OCC(=O)Nc1ccccc1C. The van der Waals surface area contributed by atoms with Gasteiger partial charge in [-0.1, -0.05) is 18.2 Å². The van der Waals surface area contributed by atoms with Crippen molar-refractivity contribution in [3.8, 4) is 11.5 Å². The highest BCUT2D eigenvalue weighted by atomic mass is 127. The summed E-state index contributed by atoms with van der Waals surface area (Å²) in [5.74, 6) is 0.653. The van der Waals surface area contributed by atoms with Gasteiger partial charge >= 0.3 is 0 Å². The molecule has 1 N–H and O–H groups in total. The Morgan fingerprint density at radius 1 is 1.25 bits per heavy atom. The molecule has 0 radical (unpaired) electrons. The summed E-state index contributed by atoms with van der Waals surface area (Å²) in [5, 5.41) is 2.81. The van der Waals surface area contributed by atoms with Crippen molar-refractivity contribution < 1.29 is 19.1 Å². The minimum Gasteiger partial charge on any atom is -0.490 e. The van der Waals surface area contributed by atoms with E-state index >= 15 is 0 Å². The van der Waals surface area contributed by atoms with E-state index in [1.807, 2.05) is 38.1 Å². The Kier molecular flexibility index (Phi) is 6.60. The zero-order valence-electron chi connectivity index (χ0n) is 13.5. The van der Waals surface area contributed by atoms with Crippen LogP contribution in [-0.2, 0) is 4.79 Å². The molecule has 2 aromatic rings. The molecule has 2 aromatic carbocycles. The first-order chi connectivity index (χ1) is 11.5. The van der Waals surface area contributed by atoms with Crippen LogP contribution in [0.2, 0.25) is 0 Å². The molecule has 0 bridgehead atoms. The summed E-state index contributed by atoms with van der Waals surface area (Å²) in [4.78, 5) is 23.1. The van der Waals surface area contributed by atoms with Crippen molar-refractivity contribution in [1.82, 2.24) is 0 Å². The number of hydrogen-bond acceptors (Lipinski definition) is 4. The fourth-order valence-electron chi connectivity index (χ4n) is 2.10. The number of rotatable bonds is 7. The van der Waals surface area contributed by atoms with E-state index in [0.29, 0.717) is 27.2 Å². The van der Waals surface area contributed by atoms with Gasteiger partial charge < -0.3 is 14.8 Å². The molecule has 0 saturated carbocycles. The average Bonchev–Trinajstić information content (AvgIpc) is 2.56. The molecule has 0 aliphatic heterocycles. The Morgan fingerprint density at radius 3 is 2.67 bits per heavy atom. The smallest absolute Gasteiger partial charge is 0.262 e. The zero-order chi connectivity index (χ0) is 17.5. The number of amides is 1. The van der Waals surface area contributed by atoms with Gasteiger partial charge in [-0.2, -0.15) is 0 Å². The minimum absolute atomic E-state index is 0.148. The van der Waals surface area contributed by atoms with Crippen LogP contribution >= 0.6 is 22.6 Å². The van der Waals surface area contributed by atoms with E-state index in [4.69, 9.17) is 9.47 Å². The quantitative estimate of drug-likeness (QED) is 0.526. The third kappa shape index (κ3) is 4.70. The van der Waals surface area contributed by atoms with Gasteiger partial charge in [-0.3, -0.25) is 9.59 Å². The highest BCUT2D eigenvalue weighted by Crippen LogP contribution is 2.33. The Labute approximate surface area is 154 Å². The summed E-state index contributed by atoms with van der Waals surface area (Å²) in [7, 11) is 0. The molecule has 0 unspecified atom stereocenters. The minimum atomic E-state index is -0.262. The third-order valence-electron chi connectivity index (χ3n) is 3.23. The molecule has 0 aliphatic rings. The van der Waals surface area contributed by atoms with Crippen molar-refractivity contribution in [3.05, 3.63) is 51.1 Å². The molecule has 24 heavy (non-hydrogen) atoms. The monoisotopic (exact) mass is 439 g/mol. The maximum Gasteiger partial charge on any atom is 0.262 e. The van der Waals surface area contributed by atoms with Crippen molar-refractivity contribution in [2.45, 2.75) is 13.8 Å². The summed E-state index contributed by atoms with van der Waals surface area (Å²) in [6.45, 7) is 4.05. The first kappa shape index (κ1) is 18.3. The van der Waals surface area contributed by atoms with E-state index in [-0.39, 0.29) is 12.5 Å². The summed E-state index contributed by atoms with van der Waals surface area (Å²) in [6.07, 6.45) is 0.749. The van der Waals surface area contributed by atoms with Crippen LogP contribution in [0.15, 0.2) is 36.4 Å². The molecule has 5 nitrogen and oxygen atoms in total. The van der Waals surface area contributed by atoms with Gasteiger partial charge in [0.1, 0.15) is 6.29 Å². The Morgan fingerprint density at radius 2 is 2.00 bits per heavy atom. The Balaban J connectivity index is 2.09. The van der Waals surface area contributed by atoms with Crippen molar-refractivity contribution in [3.63, 3.8) is 0 Å². The molecule has 2 rings (SSSR count). The molecule has 0 saturated heterocycles. The van der Waals surface area contributed by atoms with Crippen LogP contribution in [0, 0.1) is 10.5 Å². The van der Waals surface area contributed by atoms with Crippen molar-refractivity contribution in [2.24, 2.45) is 0 Å². The average molecular weight is 439 g/mol. The second-order valence-electron chi connectivity index (χ2n) is 5.03. The van der Waals surface area contributed by atoms with Gasteiger partial charge in [0.25, 0.3) is 5.91 Å². The maximum absolute atomic E-state index is 12.1. The van der Waals surface area contributed by atoms with Gasteiger partial charge in [-0.15, -0.1) is 0 Å². The summed E-state index contributed by atoms with van der Waals surface area (Å²) < 4.78 is 11.9. The predicted molar refractivity (Wildman–Crippen MR) is 101 cm³/mol. The zero-order valence-corrected chi connectivity index (χ0v) is 15.6. The summed E-state index contributed by atoms with van der Waals surface area (Å²) >= 11 is 2.05. The van der Waals surface area contributed by atoms with Crippen molar-refractivity contribution in [1.29, 1.82) is 0 Å². The lowest BCUT2D eigenvalue weighted by Crippen LogP contribution is -2.21. The first-order valence-electron chi connectivity index (χ1n) is 7.45. The molecule has 126 valence electrons.